The number of aromatic nitrogens is 1. The predicted octanol–water partition coefficient (Wildman–Crippen LogP) is 3.89. The van der Waals surface area contributed by atoms with Gasteiger partial charge in [0.15, 0.2) is 0 Å². The Kier molecular flexibility index (Phi) is 6.69. The summed E-state index contributed by atoms with van der Waals surface area (Å²) in [4.78, 5) is 27.9. The van der Waals surface area contributed by atoms with E-state index in [1.165, 1.54) is 0 Å². The number of hydrogen-bond acceptors (Lipinski definition) is 3. The third kappa shape index (κ3) is 5.49. The minimum Gasteiger partial charge on any atom is -0.444 e. The molecule has 0 aliphatic carbocycles. The van der Waals surface area contributed by atoms with E-state index in [-0.39, 0.29) is 5.91 Å². The Balaban J connectivity index is 2.21. The van der Waals surface area contributed by atoms with Crippen LogP contribution >= 0.6 is 15.9 Å². The van der Waals surface area contributed by atoms with Crippen LogP contribution in [-0.2, 0) is 16.0 Å². The number of rotatable bonds is 6. The van der Waals surface area contributed by atoms with Gasteiger partial charge in [-0.2, -0.15) is 0 Å². The zero-order valence-electron chi connectivity index (χ0n) is 15.6. The molecular formula is C19H26BrN3O3. The number of carbonyl (C=O) groups excluding carboxylic acids is 2. The first-order chi connectivity index (χ1) is 12.2. The number of carbonyl (C=O) groups is 2. The van der Waals surface area contributed by atoms with E-state index in [4.69, 9.17) is 4.74 Å². The van der Waals surface area contributed by atoms with Crippen molar-refractivity contribution in [3.05, 3.63) is 34.4 Å². The molecule has 0 spiro atoms. The van der Waals surface area contributed by atoms with E-state index in [0.29, 0.717) is 13.0 Å². The summed E-state index contributed by atoms with van der Waals surface area (Å²) in [6.07, 6.45) is 2.46. The molecule has 26 heavy (non-hydrogen) atoms. The van der Waals surface area contributed by atoms with Gasteiger partial charge < -0.3 is 20.4 Å². The van der Waals surface area contributed by atoms with Crippen molar-refractivity contribution in [1.82, 2.24) is 15.6 Å². The lowest BCUT2D eigenvalue weighted by molar-refractivity contribution is -0.123. The van der Waals surface area contributed by atoms with Crippen LogP contribution in [0.25, 0.3) is 10.9 Å². The lowest BCUT2D eigenvalue weighted by atomic mass is 10.0. The summed E-state index contributed by atoms with van der Waals surface area (Å²) in [6, 6.07) is 5.17. The Morgan fingerprint density at radius 1 is 1.31 bits per heavy atom. The number of fused-ring (bicyclic) bond motifs is 1. The van der Waals surface area contributed by atoms with Crippen LogP contribution in [0.1, 0.15) is 39.7 Å². The number of alkyl carbamates (subject to hydrolysis) is 1. The second-order valence-electron chi connectivity index (χ2n) is 7.17. The molecule has 2 rings (SSSR count). The largest absolute Gasteiger partial charge is 0.444 e. The topological polar surface area (TPSA) is 83.2 Å². The van der Waals surface area contributed by atoms with E-state index in [2.05, 4.69) is 31.5 Å². The molecule has 1 aromatic heterocycles. The molecule has 1 heterocycles. The lowest BCUT2D eigenvalue weighted by Gasteiger charge is -2.23. The van der Waals surface area contributed by atoms with Crippen LogP contribution in [0.15, 0.2) is 28.9 Å². The molecule has 142 valence electrons. The van der Waals surface area contributed by atoms with Gasteiger partial charge in [-0.3, -0.25) is 4.79 Å². The normalized spacial score (nSPS) is 12.7. The van der Waals surface area contributed by atoms with Crippen molar-refractivity contribution in [2.24, 2.45) is 0 Å². The van der Waals surface area contributed by atoms with Crippen LogP contribution < -0.4 is 10.6 Å². The SMILES string of the molecule is CCCNC(=O)[C@H](Cc1c[nH]c2c(Br)cccc12)NC(=O)OC(C)(C)C. The highest BCUT2D eigenvalue weighted by Gasteiger charge is 2.25. The van der Waals surface area contributed by atoms with Crippen molar-refractivity contribution in [2.45, 2.75) is 52.2 Å². The number of amides is 2. The number of para-hydroxylation sites is 1. The molecule has 2 aromatic rings. The molecule has 1 aromatic carbocycles. The maximum Gasteiger partial charge on any atom is 0.408 e. The standard InChI is InChI=1S/C19H26BrN3O3/c1-5-9-21-17(24)15(23-18(25)26-19(2,3)4)10-12-11-22-16-13(12)7-6-8-14(16)20/h6-8,11,15,22H,5,9-10H2,1-4H3,(H,21,24)(H,23,25)/t15-/m0/s1. The molecule has 1 atom stereocenters. The molecule has 0 aliphatic rings. The van der Waals surface area contributed by atoms with Gasteiger partial charge in [-0.05, 0) is 54.8 Å². The zero-order valence-corrected chi connectivity index (χ0v) is 17.2. The van der Waals surface area contributed by atoms with E-state index in [1.54, 1.807) is 20.8 Å². The van der Waals surface area contributed by atoms with Crippen molar-refractivity contribution in [3.8, 4) is 0 Å². The summed E-state index contributed by atoms with van der Waals surface area (Å²) in [6.45, 7) is 7.90. The van der Waals surface area contributed by atoms with Gasteiger partial charge in [0.05, 0.1) is 5.52 Å². The highest BCUT2D eigenvalue weighted by molar-refractivity contribution is 9.10. The zero-order chi connectivity index (χ0) is 19.3. The number of halogens is 1. The van der Waals surface area contributed by atoms with Crippen LogP contribution in [-0.4, -0.2) is 35.2 Å². The van der Waals surface area contributed by atoms with Crippen molar-refractivity contribution >= 4 is 38.8 Å². The summed E-state index contributed by atoms with van der Waals surface area (Å²) in [5, 5.41) is 6.56. The van der Waals surface area contributed by atoms with E-state index < -0.39 is 17.7 Å². The van der Waals surface area contributed by atoms with Gasteiger partial charge in [0.1, 0.15) is 11.6 Å². The van der Waals surface area contributed by atoms with Crippen LogP contribution in [0.5, 0.6) is 0 Å². The number of hydrogen-bond donors (Lipinski definition) is 3. The fourth-order valence-corrected chi connectivity index (χ4v) is 3.08. The van der Waals surface area contributed by atoms with Gasteiger partial charge in [-0.25, -0.2) is 4.79 Å². The maximum atomic E-state index is 12.5. The minimum absolute atomic E-state index is 0.220. The van der Waals surface area contributed by atoms with Gasteiger partial charge in [0.2, 0.25) is 5.91 Å². The Hall–Kier alpha value is -2.02. The molecule has 2 amide bonds. The molecule has 3 N–H and O–H groups in total. The van der Waals surface area contributed by atoms with Crippen molar-refractivity contribution in [3.63, 3.8) is 0 Å². The Bertz CT molecular complexity index is 780. The molecule has 0 bridgehead atoms. The van der Waals surface area contributed by atoms with E-state index >= 15 is 0 Å². The summed E-state index contributed by atoms with van der Waals surface area (Å²) in [5.74, 6) is -0.220. The molecule has 0 aliphatic heterocycles. The van der Waals surface area contributed by atoms with Crippen LogP contribution in [0, 0.1) is 0 Å². The average molecular weight is 424 g/mol. The second kappa shape index (κ2) is 8.58. The number of H-pyrrole nitrogens is 1. The number of nitrogens with one attached hydrogen (secondary N) is 3. The molecule has 7 heteroatoms. The van der Waals surface area contributed by atoms with Gasteiger partial charge in [0, 0.05) is 29.0 Å². The first-order valence-corrected chi connectivity index (χ1v) is 9.52. The fraction of sp³-hybridized carbons (Fsp3) is 0.474. The highest BCUT2D eigenvalue weighted by atomic mass is 79.9. The monoisotopic (exact) mass is 423 g/mol. The highest BCUT2D eigenvalue weighted by Crippen LogP contribution is 2.26. The average Bonchev–Trinajstić information content (AvgIpc) is 2.94. The maximum absolute atomic E-state index is 12.5. The molecular weight excluding hydrogens is 398 g/mol. The van der Waals surface area contributed by atoms with Gasteiger partial charge >= 0.3 is 6.09 Å². The second-order valence-corrected chi connectivity index (χ2v) is 8.02. The van der Waals surface area contributed by atoms with E-state index in [0.717, 1.165) is 27.4 Å². The summed E-state index contributed by atoms with van der Waals surface area (Å²) in [7, 11) is 0. The van der Waals surface area contributed by atoms with Gasteiger partial charge in [0.25, 0.3) is 0 Å². The van der Waals surface area contributed by atoms with Gasteiger partial charge in [-0.1, -0.05) is 19.1 Å². The summed E-state index contributed by atoms with van der Waals surface area (Å²) < 4.78 is 6.26. The Labute approximate surface area is 162 Å². The summed E-state index contributed by atoms with van der Waals surface area (Å²) >= 11 is 3.51. The smallest absolute Gasteiger partial charge is 0.408 e. The van der Waals surface area contributed by atoms with Crippen LogP contribution in [0.3, 0.4) is 0 Å². The van der Waals surface area contributed by atoms with Crippen molar-refractivity contribution in [2.75, 3.05) is 6.54 Å². The third-order valence-electron chi connectivity index (χ3n) is 3.73. The predicted molar refractivity (Wildman–Crippen MR) is 106 cm³/mol. The lowest BCUT2D eigenvalue weighted by Crippen LogP contribution is -2.49. The number of aromatic amines is 1. The third-order valence-corrected chi connectivity index (χ3v) is 4.39. The quantitative estimate of drug-likeness (QED) is 0.658. The minimum atomic E-state index is -0.714. The molecule has 6 nitrogen and oxygen atoms in total. The molecule has 0 saturated heterocycles. The molecule has 0 saturated carbocycles. The van der Waals surface area contributed by atoms with Crippen LogP contribution in [0.2, 0.25) is 0 Å². The molecule has 0 fully saturated rings. The first-order valence-electron chi connectivity index (χ1n) is 8.73. The first kappa shape index (κ1) is 20.3. The molecule has 0 unspecified atom stereocenters. The molecule has 0 radical (unpaired) electrons. The van der Waals surface area contributed by atoms with Crippen molar-refractivity contribution in [1.29, 1.82) is 0 Å². The van der Waals surface area contributed by atoms with Gasteiger partial charge in [-0.15, -0.1) is 0 Å². The van der Waals surface area contributed by atoms with E-state index in [9.17, 15) is 9.59 Å². The van der Waals surface area contributed by atoms with Crippen molar-refractivity contribution < 1.29 is 14.3 Å². The summed E-state index contributed by atoms with van der Waals surface area (Å²) in [5.41, 5.74) is 1.29. The number of benzene rings is 1. The fourth-order valence-electron chi connectivity index (χ4n) is 2.59. The van der Waals surface area contributed by atoms with E-state index in [1.807, 2.05) is 31.3 Å². The van der Waals surface area contributed by atoms with Crippen LogP contribution in [0.4, 0.5) is 4.79 Å². The Morgan fingerprint density at radius 2 is 2.04 bits per heavy atom. The Morgan fingerprint density at radius 3 is 2.69 bits per heavy atom. The number of ether oxygens (including phenoxy) is 1.